The standard InChI is InChI=1S/C7H16N2O3.C7H16N2O2.C6H14N2O2.CH4O/c8-6(7(11)12)3-1-2-4-9-5-10;1-9-5-3-2-4-6(8)7(10)11;7-4-2-1-3-5(8)6(9)10;1-2/h6,9-10H,1-5,8H2,(H,11,12);6,9H,2-5,8H2,1H3,(H,10,11);5H,1-4,7-8H2,(H,9,10);2H,1H3. The Morgan fingerprint density at radius 1 is 0.743 bits per heavy atom. The van der Waals surface area contributed by atoms with Gasteiger partial charge >= 0.3 is 0 Å². The van der Waals surface area contributed by atoms with Crippen LogP contribution in [0.15, 0.2) is 0 Å². The van der Waals surface area contributed by atoms with E-state index in [0.717, 1.165) is 65.3 Å². The summed E-state index contributed by atoms with van der Waals surface area (Å²) >= 11 is 0. The van der Waals surface area contributed by atoms with Gasteiger partial charge in [-0.3, -0.25) is 0 Å². The van der Waals surface area contributed by atoms with Crippen LogP contribution in [0.1, 0.15) is 57.8 Å². The Morgan fingerprint density at radius 3 is 1.37 bits per heavy atom. The summed E-state index contributed by atoms with van der Waals surface area (Å²) in [6.07, 6.45) is 6.71. The summed E-state index contributed by atoms with van der Waals surface area (Å²) in [4.78, 5) is 30.3. The van der Waals surface area contributed by atoms with E-state index in [9.17, 15) is 29.7 Å². The van der Waals surface area contributed by atoms with Crippen molar-refractivity contribution in [3.63, 3.8) is 0 Å². The molecule has 0 spiro atoms. The number of hydrogen-bond acceptors (Lipinski definition) is 11. The number of aliphatic hydroxyl groups excluding tert-OH is 2. The second-order valence-electron chi connectivity index (χ2n) is 7.57. The van der Waals surface area contributed by atoms with Gasteiger partial charge in [-0.05, 0) is 57.8 Å². The number of carbonyl (C=O) groups excluding carboxylic acids is 3. The normalized spacial score (nSPS) is 12.3. The van der Waals surface area contributed by atoms with Crippen LogP contribution in [0.2, 0.25) is 0 Å². The van der Waals surface area contributed by atoms with Crippen LogP contribution in [0.5, 0.6) is 0 Å². The molecule has 0 aliphatic carbocycles. The van der Waals surface area contributed by atoms with E-state index in [0.29, 0.717) is 19.3 Å². The minimum absolute atomic E-state index is 0.0759. The number of hydrogen-bond donors (Lipinski definition) is 8. The molecule has 15 N–H and O–H groups in total. The van der Waals surface area contributed by atoms with Gasteiger partial charge in [0.05, 0.1) is 44.6 Å². The number of quaternary nitrogens is 3. The zero-order valence-corrected chi connectivity index (χ0v) is 21.4. The molecule has 0 radical (unpaired) electrons. The fourth-order valence-corrected chi connectivity index (χ4v) is 2.35. The van der Waals surface area contributed by atoms with E-state index in [1.165, 1.54) is 0 Å². The maximum atomic E-state index is 10.1. The lowest BCUT2D eigenvalue weighted by atomic mass is 10.1. The molecule has 0 aromatic carbocycles. The van der Waals surface area contributed by atoms with Gasteiger partial charge in [0.2, 0.25) is 0 Å². The van der Waals surface area contributed by atoms with E-state index < -0.39 is 36.0 Å². The van der Waals surface area contributed by atoms with Gasteiger partial charge in [0.1, 0.15) is 0 Å². The van der Waals surface area contributed by atoms with Crippen LogP contribution in [0, 0.1) is 0 Å². The fraction of sp³-hybridized carbons (Fsp3) is 0.857. The van der Waals surface area contributed by atoms with Gasteiger partial charge in [-0.1, -0.05) is 0 Å². The van der Waals surface area contributed by atoms with Crippen molar-refractivity contribution in [2.45, 2.75) is 75.9 Å². The van der Waals surface area contributed by atoms with Gasteiger partial charge in [-0.15, -0.1) is 0 Å². The van der Waals surface area contributed by atoms with E-state index in [1.807, 2.05) is 7.05 Å². The Hall–Kier alpha value is -1.91. The molecule has 14 nitrogen and oxygen atoms in total. The number of carbonyl (C=O) groups is 3. The van der Waals surface area contributed by atoms with Crippen LogP contribution in [-0.4, -0.2) is 86.8 Å². The summed E-state index contributed by atoms with van der Waals surface area (Å²) in [7, 11) is 2.98. The van der Waals surface area contributed by atoms with Gasteiger partial charge in [0.15, 0.2) is 6.73 Å². The monoisotopic (exact) mass is 514 g/mol. The second kappa shape index (κ2) is 32.1. The van der Waals surface area contributed by atoms with Gasteiger partial charge in [0, 0.05) is 25.2 Å². The Bertz CT molecular complexity index is 489. The third-order valence-corrected chi connectivity index (χ3v) is 4.48. The van der Waals surface area contributed by atoms with Gasteiger partial charge in [-0.2, -0.15) is 0 Å². The van der Waals surface area contributed by atoms with Crippen LogP contribution < -0.4 is 48.9 Å². The summed E-state index contributed by atoms with van der Waals surface area (Å²) in [5.74, 6) is -3.50. The van der Waals surface area contributed by atoms with Crippen LogP contribution in [0.3, 0.4) is 0 Å². The number of aliphatic hydroxyl groups is 2. The molecular weight excluding hydrogens is 464 g/mol. The maximum absolute atomic E-state index is 10.1. The van der Waals surface area contributed by atoms with E-state index >= 15 is 0 Å². The highest BCUT2D eigenvalue weighted by Gasteiger charge is 2.03. The predicted molar refractivity (Wildman–Crippen MR) is 123 cm³/mol. The first-order valence-corrected chi connectivity index (χ1v) is 11.9. The first-order chi connectivity index (χ1) is 16.5. The molecule has 0 amide bonds. The molecule has 14 heteroatoms. The predicted octanol–water partition coefficient (Wildman–Crippen LogP) is -8.74. The average molecular weight is 515 g/mol. The van der Waals surface area contributed by atoms with Crippen molar-refractivity contribution in [2.24, 2.45) is 17.2 Å². The highest BCUT2D eigenvalue weighted by molar-refractivity contribution is 5.71. The zero-order chi connectivity index (χ0) is 28.1. The summed E-state index contributed by atoms with van der Waals surface area (Å²) in [6.45, 7) is 2.74. The van der Waals surface area contributed by atoms with Crippen molar-refractivity contribution in [3.8, 4) is 0 Å². The molecule has 0 saturated heterocycles. The number of carboxylic acid groups (broad SMARTS) is 3. The number of rotatable bonds is 18. The van der Waals surface area contributed by atoms with Gasteiger partial charge in [-0.25, -0.2) is 0 Å². The highest BCUT2D eigenvalue weighted by atomic mass is 16.4. The molecule has 0 heterocycles. The van der Waals surface area contributed by atoms with E-state index in [1.54, 1.807) is 5.32 Å². The van der Waals surface area contributed by atoms with Crippen LogP contribution in [0.25, 0.3) is 0 Å². The van der Waals surface area contributed by atoms with E-state index in [4.69, 9.17) is 27.4 Å². The minimum atomic E-state index is -1.19. The lowest BCUT2D eigenvalue weighted by Gasteiger charge is -2.11. The molecule has 3 atom stereocenters. The fourth-order valence-electron chi connectivity index (χ4n) is 2.35. The Morgan fingerprint density at radius 2 is 1.09 bits per heavy atom. The summed E-state index contributed by atoms with van der Waals surface area (Å²) < 4.78 is 0. The Labute approximate surface area is 208 Å². The van der Waals surface area contributed by atoms with Gasteiger partial charge in [0.25, 0.3) is 0 Å². The number of carboxylic acids is 3. The number of nitrogens with two attached hydrogens (primary N) is 5. The van der Waals surface area contributed by atoms with Crippen LogP contribution >= 0.6 is 0 Å². The topological polar surface area (TPSA) is 300 Å². The molecule has 0 saturated carbocycles. The third-order valence-electron chi connectivity index (χ3n) is 4.48. The van der Waals surface area contributed by atoms with Crippen LogP contribution in [0.4, 0.5) is 0 Å². The molecule has 0 aromatic heterocycles. The SMILES string of the molecule is CO.C[NH2+]CCCCC(N)C(=O)[O-].NC(CCCC[NH2+]CO)C(=O)[O-].NC(CCCC[NH3+])C(=O)[O-]. The quantitative estimate of drug-likeness (QED) is 0.0627. The third kappa shape index (κ3) is 36.8. The molecule has 0 rings (SSSR count). The molecule has 0 fully saturated rings. The van der Waals surface area contributed by atoms with Gasteiger partial charge < -0.3 is 73.5 Å². The molecule has 0 bridgehead atoms. The molecule has 0 aliphatic heterocycles. The molecule has 3 unspecified atom stereocenters. The first kappa shape index (κ1) is 40.3. The molecule has 0 aliphatic rings. The van der Waals surface area contributed by atoms with Crippen molar-refractivity contribution < 1.29 is 56.3 Å². The first-order valence-electron chi connectivity index (χ1n) is 11.9. The smallest absolute Gasteiger partial charge is 0.177 e. The zero-order valence-electron chi connectivity index (χ0n) is 21.4. The second-order valence-corrected chi connectivity index (χ2v) is 7.57. The molecule has 35 heavy (non-hydrogen) atoms. The lowest BCUT2D eigenvalue weighted by molar-refractivity contribution is -0.684. The van der Waals surface area contributed by atoms with E-state index in [2.05, 4.69) is 11.1 Å². The van der Waals surface area contributed by atoms with Crippen molar-refractivity contribution >= 4 is 17.9 Å². The van der Waals surface area contributed by atoms with Crippen LogP contribution in [-0.2, 0) is 14.4 Å². The highest BCUT2D eigenvalue weighted by Crippen LogP contribution is 1.97. The van der Waals surface area contributed by atoms with E-state index in [-0.39, 0.29) is 6.73 Å². The Kier molecular flexibility index (Phi) is 36.9. The summed E-state index contributed by atoms with van der Waals surface area (Å²) in [5, 5.41) is 49.5. The van der Waals surface area contributed by atoms with Crippen molar-refractivity contribution in [2.75, 3.05) is 40.5 Å². The Balaban J connectivity index is -0.000000199. The van der Waals surface area contributed by atoms with Crippen molar-refractivity contribution in [1.82, 2.24) is 0 Å². The number of unbranched alkanes of at least 4 members (excludes halogenated alkanes) is 3. The molecule has 0 aromatic rings. The van der Waals surface area contributed by atoms with Crippen molar-refractivity contribution in [3.05, 3.63) is 0 Å². The number of aliphatic carboxylic acids is 3. The average Bonchev–Trinajstić information content (AvgIpc) is 2.83. The minimum Gasteiger partial charge on any atom is -0.548 e. The lowest BCUT2D eigenvalue weighted by Crippen LogP contribution is -2.84. The summed E-state index contributed by atoms with van der Waals surface area (Å²) in [6, 6.07) is -2.43. The molecular formula is C21H50N6O8. The largest absolute Gasteiger partial charge is 0.548 e. The molecule has 212 valence electrons. The van der Waals surface area contributed by atoms with Crippen molar-refractivity contribution in [1.29, 1.82) is 0 Å². The summed E-state index contributed by atoms with van der Waals surface area (Å²) in [5.41, 5.74) is 19.2. The maximum Gasteiger partial charge on any atom is 0.177 e.